The van der Waals surface area contributed by atoms with Crippen LogP contribution in [0.25, 0.3) is 0 Å². The van der Waals surface area contributed by atoms with Gasteiger partial charge in [0.25, 0.3) is 0 Å². The molecular weight excluding hydrogens is 292 g/mol. The fourth-order valence-electron chi connectivity index (χ4n) is 4.00. The summed E-state index contributed by atoms with van der Waals surface area (Å²) in [5.74, 6) is 1.04. The van der Waals surface area contributed by atoms with Crippen molar-refractivity contribution in [2.24, 2.45) is 5.92 Å². The van der Waals surface area contributed by atoms with Gasteiger partial charge < -0.3 is 14.4 Å². The maximum atomic E-state index is 12.3. The lowest BCUT2D eigenvalue weighted by Gasteiger charge is -2.35. The van der Waals surface area contributed by atoms with Gasteiger partial charge in [0, 0.05) is 45.8 Å². The largest absolute Gasteiger partial charge is 0.377 e. The van der Waals surface area contributed by atoms with E-state index in [-0.39, 0.29) is 0 Å². The fraction of sp³-hybridized carbons (Fsp3) is 0.944. The molecule has 0 unspecified atom stereocenters. The monoisotopic (exact) mass is 324 g/mol. The summed E-state index contributed by atoms with van der Waals surface area (Å²) in [7, 11) is 0. The summed E-state index contributed by atoms with van der Waals surface area (Å²) in [4.78, 5) is 16.8. The predicted octanol–water partition coefficient (Wildman–Crippen LogP) is 1.91. The van der Waals surface area contributed by atoms with E-state index in [9.17, 15) is 4.79 Å². The molecular formula is C18H32N2O3. The van der Waals surface area contributed by atoms with E-state index >= 15 is 0 Å². The Morgan fingerprint density at radius 2 is 1.83 bits per heavy atom. The Labute approximate surface area is 140 Å². The molecule has 3 rings (SSSR count). The van der Waals surface area contributed by atoms with Crippen molar-refractivity contribution in [3.05, 3.63) is 0 Å². The quantitative estimate of drug-likeness (QED) is 0.671. The van der Waals surface area contributed by atoms with E-state index in [1.165, 1.54) is 32.1 Å². The van der Waals surface area contributed by atoms with Crippen LogP contribution in [-0.4, -0.2) is 74.4 Å². The summed E-state index contributed by atoms with van der Waals surface area (Å²) in [5, 5.41) is 0. The van der Waals surface area contributed by atoms with Crippen LogP contribution in [0.1, 0.15) is 44.9 Å². The van der Waals surface area contributed by atoms with Crippen molar-refractivity contribution in [1.82, 2.24) is 9.80 Å². The minimum absolute atomic E-state index is 0.319. The van der Waals surface area contributed by atoms with Crippen molar-refractivity contribution >= 4 is 5.91 Å². The minimum atomic E-state index is 0.319. The van der Waals surface area contributed by atoms with Gasteiger partial charge in [0.05, 0.1) is 19.3 Å². The topological polar surface area (TPSA) is 42.0 Å². The van der Waals surface area contributed by atoms with E-state index in [1.807, 2.05) is 0 Å². The molecule has 0 bridgehead atoms. The molecule has 0 aromatic rings. The summed E-state index contributed by atoms with van der Waals surface area (Å²) < 4.78 is 11.3. The van der Waals surface area contributed by atoms with Crippen molar-refractivity contribution in [2.45, 2.75) is 51.0 Å². The van der Waals surface area contributed by atoms with Crippen LogP contribution in [0.15, 0.2) is 0 Å². The normalized spacial score (nSPS) is 27.0. The van der Waals surface area contributed by atoms with Crippen molar-refractivity contribution in [3.8, 4) is 0 Å². The average molecular weight is 324 g/mol. The molecule has 0 spiro atoms. The SMILES string of the molecule is O=C(CC1CCCC1)N1CCN(CCOC[C@@H]2CCCO2)CC1. The Kier molecular flexibility index (Phi) is 6.72. The first kappa shape index (κ1) is 17.2. The van der Waals surface area contributed by atoms with Gasteiger partial charge in [-0.25, -0.2) is 0 Å². The number of carbonyl (C=O) groups is 1. The molecule has 2 saturated heterocycles. The Balaban J connectivity index is 1.25. The zero-order valence-electron chi connectivity index (χ0n) is 14.4. The molecule has 132 valence electrons. The first-order valence-corrected chi connectivity index (χ1v) is 9.51. The van der Waals surface area contributed by atoms with E-state index in [0.717, 1.165) is 65.4 Å². The third-order valence-electron chi connectivity index (χ3n) is 5.54. The van der Waals surface area contributed by atoms with Gasteiger partial charge in [0.2, 0.25) is 5.91 Å². The van der Waals surface area contributed by atoms with Gasteiger partial charge in [-0.05, 0) is 31.6 Å². The van der Waals surface area contributed by atoms with Gasteiger partial charge in [-0.1, -0.05) is 12.8 Å². The van der Waals surface area contributed by atoms with Gasteiger partial charge in [-0.2, -0.15) is 0 Å². The Hall–Kier alpha value is -0.650. The van der Waals surface area contributed by atoms with Gasteiger partial charge >= 0.3 is 0 Å². The maximum Gasteiger partial charge on any atom is 0.222 e. The van der Waals surface area contributed by atoms with Crippen LogP contribution in [0, 0.1) is 5.92 Å². The molecule has 1 amide bonds. The van der Waals surface area contributed by atoms with Crippen LogP contribution in [0.4, 0.5) is 0 Å². The van der Waals surface area contributed by atoms with Gasteiger partial charge in [0.15, 0.2) is 0 Å². The number of piperazine rings is 1. The molecule has 0 aromatic carbocycles. The highest BCUT2D eigenvalue weighted by atomic mass is 16.5. The molecule has 0 aromatic heterocycles. The zero-order valence-corrected chi connectivity index (χ0v) is 14.4. The standard InChI is InChI=1S/C18H32N2O3/c21-18(14-16-4-1-2-5-16)20-9-7-19(8-10-20)11-13-22-15-17-6-3-12-23-17/h16-17H,1-15H2/t17-/m0/s1. The van der Waals surface area contributed by atoms with Crippen molar-refractivity contribution in [3.63, 3.8) is 0 Å². The summed E-state index contributed by atoms with van der Waals surface area (Å²) in [5.41, 5.74) is 0. The van der Waals surface area contributed by atoms with E-state index in [4.69, 9.17) is 9.47 Å². The first-order valence-electron chi connectivity index (χ1n) is 9.51. The Morgan fingerprint density at radius 3 is 2.52 bits per heavy atom. The number of ether oxygens (including phenoxy) is 2. The highest BCUT2D eigenvalue weighted by Gasteiger charge is 2.25. The van der Waals surface area contributed by atoms with Crippen molar-refractivity contribution < 1.29 is 14.3 Å². The first-order chi connectivity index (χ1) is 11.3. The summed E-state index contributed by atoms with van der Waals surface area (Å²) in [6.07, 6.45) is 8.56. The van der Waals surface area contributed by atoms with E-state index in [2.05, 4.69) is 9.80 Å². The lowest BCUT2D eigenvalue weighted by Crippen LogP contribution is -2.49. The number of carbonyl (C=O) groups excluding carboxylic acids is 1. The maximum absolute atomic E-state index is 12.3. The van der Waals surface area contributed by atoms with E-state index in [0.29, 0.717) is 17.9 Å². The molecule has 5 nitrogen and oxygen atoms in total. The zero-order chi connectivity index (χ0) is 15.9. The van der Waals surface area contributed by atoms with Crippen LogP contribution < -0.4 is 0 Å². The molecule has 2 aliphatic heterocycles. The molecule has 3 fully saturated rings. The van der Waals surface area contributed by atoms with Gasteiger partial charge in [0.1, 0.15) is 0 Å². The molecule has 5 heteroatoms. The molecule has 0 N–H and O–H groups in total. The average Bonchev–Trinajstić information content (AvgIpc) is 3.26. The number of hydrogen-bond acceptors (Lipinski definition) is 4. The third kappa shape index (κ3) is 5.44. The summed E-state index contributed by atoms with van der Waals surface area (Å²) in [6, 6.07) is 0. The smallest absolute Gasteiger partial charge is 0.222 e. The van der Waals surface area contributed by atoms with Crippen LogP contribution in [-0.2, 0) is 14.3 Å². The highest BCUT2D eigenvalue weighted by Crippen LogP contribution is 2.28. The number of amides is 1. The molecule has 0 radical (unpaired) electrons. The van der Waals surface area contributed by atoms with Crippen LogP contribution in [0.5, 0.6) is 0 Å². The van der Waals surface area contributed by atoms with Crippen LogP contribution in [0.2, 0.25) is 0 Å². The number of nitrogens with zero attached hydrogens (tertiary/aromatic N) is 2. The second-order valence-corrected chi connectivity index (χ2v) is 7.29. The fourth-order valence-corrected chi connectivity index (χ4v) is 4.00. The molecule has 2 heterocycles. The molecule has 1 atom stereocenters. The van der Waals surface area contributed by atoms with E-state index < -0.39 is 0 Å². The van der Waals surface area contributed by atoms with Crippen LogP contribution >= 0.6 is 0 Å². The molecule has 1 aliphatic carbocycles. The predicted molar refractivity (Wildman–Crippen MR) is 89.4 cm³/mol. The summed E-state index contributed by atoms with van der Waals surface area (Å²) in [6.45, 7) is 7.12. The lowest BCUT2D eigenvalue weighted by atomic mass is 10.0. The number of hydrogen-bond donors (Lipinski definition) is 0. The van der Waals surface area contributed by atoms with Crippen molar-refractivity contribution in [2.75, 3.05) is 52.5 Å². The van der Waals surface area contributed by atoms with Crippen molar-refractivity contribution in [1.29, 1.82) is 0 Å². The Morgan fingerprint density at radius 1 is 1.04 bits per heavy atom. The van der Waals surface area contributed by atoms with Gasteiger partial charge in [-0.15, -0.1) is 0 Å². The minimum Gasteiger partial charge on any atom is -0.377 e. The van der Waals surface area contributed by atoms with E-state index in [1.54, 1.807) is 0 Å². The third-order valence-corrected chi connectivity index (χ3v) is 5.54. The highest BCUT2D eigenvalue weighted by molar-refractivity contribution is 5.76. The van der Waals surface area contributed by atoms with Crippen LogP contribution in [0.3, 0.4) is 0 Å². The lowest BCUT2D eigenvalue weighted by molar-refractivity contribution is -0.134. The molecule has 3 aliphatic rings. The summed E-state index contributed by atoms with van der Waals surface area (Å²) >= 11 is 0. The molecule has 1 saturated carbocycles. The Bertz CT molecular complexity index is 357. The second kappa shape index (κ2) is 9.00. The number of rotatable bonds is 7. The second-order valence-electron chi connectivity index (χ2n) is 7.29. The molecule has 23 heavy (non-hydrogen) atoms. The van der Waals surface area contributed by atoms with Gasteiger partial charge in [-0.3, -0.25) is 9.69 Å².